The highest BCUT2D eigenvalue weighted by molar-refractivity contribution is 5.79. The lowest BCUT2D eigenvalue weighted by Gasteiger charge is -2.15. The van der Waals surface area contributed by atoms with E-state index in [0.29, 0.717) is 29.5 Å². The van der Waals surface area contributed by atoms with Crippen LogP contribution in [0.25, 0.3) is 28.3 Å². The van der Waals surface area contributed by atoms with Gasteiger partial charge >= 0.3 is 0 Å². The van der Waals surface area contributed by atoms with E-state index in [1.54, 1.807) is 10.8 Å². The van der Waals surface area contributed by atoms with Gasteiger partial charge in [0.2, 0.25) is 5.82 Å². The van der Waals surface area contributed by atoms with Crippen LogP contribution in [0.2, 0.25) is 0 Å². The van der Waals surface area contributed by atoms with Crippen molar-refractivity contribution in [3.63, 3.8) is 0 Å². The Morgan fingerprint density at radius 1 is 0.972 bits per heavy atom. The van der Waals surface area contributed by atoms with Gasteiger partial charge in [0.25, 0.3) is 5.56 Å². The largest absolute Gasteiger partial charge is 0.268 e. The molecule has 180 valence electrons. The van der Waals surface area contributed by atoms with Crippen molar-refractivity contribution in [2.75, 3.05) is 0 Å². The van der Waals surface area contributed by atoms with Crippen LogP contribution in [0.15, 0.2) is 71.8 Å². The number of tetrazole rings is 1. The Morgan fingerprint density at radius 3 is 2.50 bits per heavy atom. The fraction of sp³-hybridized carbons (Fsp3) is 0.222. The lowest BCUT2D eigenvalue weighted by atomic mass is 9.99. The molecule has 5 aromatic rings. The number of benzene rings is 1. The molecule has 36 heavy (non-hydrogen) atoms. The third kappa shape index (κ3) is 4.68. The third-order valence-electron chi connectivity index (χ3n) is 6.08. The summed E-state index contributed by atoms with van der Waals surface area (Å²) in [6.45, 7) is 3.98. The van der Waals surface area contributed by atoms with Crippen LogP contribution in [0.4, 0.5) is 0 Å². The zero-order chi connectivity index (χ0) is 24.9. The van der Waals surface area contributed by atoms with Crippen LogP contribution in [-0.2, 0) is 12.8 Å². The van der Waals surface area contributed by atoms with Gasteiger partial charge < -0.3 is 0 Å². The predicted octanol–water partition coefficient (Wildman–Crippen LogP) is 4.11. The molecule has 4 aromatic heterocycles. The van der Waals surface area contributed by atoms with Crippen LogP contribution < -0.4 is 5.56 Å². The van der Waals surface area contributed by atoms with Crippen molar-refractivity contribution in [3.8, 4) is 28.3 Å². The molecule has 0 spiro atoms. The van der Waals surface area contributed by atoms with Crippen LogP contribution in [-0.4, -0.2) is 40.1 Å². The number of aryl methyl sites for hydroxylation is 2. The summed E-state index contributed by atoms with van der Waals surface area (Å²) in [5, 5.41) is 14.4. The zero-order valence-electron chi connectivity index (χ0n) is 20.2. The molecule has 1 aromatic carbocycles. The molecule has 0 aliphatic rings. The lowest BCUT2D eigenvalue weighted by molar-refractivity contribution is 0.727. The minimum absolute atomic E-state index is 0.0966. The van der Waals surface area contributed by atoms with Crippen molar-refractivity contribution in [1.29, 1.82) is 0 Å². The van der Waals surface area contributed by atoms with E-state index >= 15 is 0 Å². The molecule has 0 saturated carbocycles. The summed E-state index contributed by atoms with van der Waals surface area (Å²) in [6.07, 6.45) is 6.63. The first-order chi connectivity index (χ1) is 17.7. The van der Waals surface area contributed by atoms with E-state index < -0.39 is 0 Å². The molecule has 0 amide bonds. The number of nitrogens with one attached hydrogen (secondary N) is 1. The first kappa shape index (κ1) is 23.2. The molecule has 0 saturated heterocycles. The van der Waals surface area contributed by atoms with E-state index in [1.165, 1.54) is 0 Å². The van der Waals surface area contributed by atoms with Crippen molar-refractivity contribution >= 4 is 0 Å². The Hall–Kier alpha value is -4.53. The molecule has 9 heteroatoms. The van der Waals surface area contributed by atoms with Crippen molar-refractivity contribution in [2.45, 2.75) is 39.5 Å². The average molecular weight is 479 g/mol. The molecular formula is C27H26N8O. The van der Waals surface area contributed by atoms with E-state index in [1.807, 2.05) is 67.7 Å². The molecule has 0 unspecified atom stereocenters. The summed E-state index contributed by atoms with van der Waals surface area (Å²) in [5.74, 6) is 1.73. The first-order valence-corrected chi connectivity index (χ1v) is 12.0. The van der Waals surface area contributed by atoms with E-state index in [0.717, 1.165) is 47.3 Å². The van der Waals surface area contributed by atoms with Gasteiger partial charge in [-0.15, -0.1) is 10.2 Å². The molecule has 9 nitrogen and oxygen atoms in total. The lowest BCUT2D eigenvalue weighted by Crippen LogP contribution is -2.29. The maximum absolute atomic E-state index is 13.7. The second-order valence-electron chi connectivity index (χ2n) is 8.51. The summed E-state index contributed by atoms with van der Waals surface area (Å²) in [5.41, 5.74) is 4.94. The summed E-state index contributed by atoms with van der Waals surface area (Å²) in [4.78, 5) is 27.6. The van der Waals surface area contributed by atoms with Crippen LogP contribution in [0, 0.1) is 6.92 Å². The first-order valence-electron chi connectivity index (χ1n) is 12.0. The Balaban J connectivity index is 1.51. The van der Waals surface area contributed by atoms with Crippen molar-refractivity contribution in [3.05, 3.63) is 100 Å². The van der Waals surface area contributed by atoms with Gasteiger partial charge in [0.1, 0.15) is 11.6 Å². The fourth-order valence-electron chi connectivity index (χ4n) is 4.28. The Morgan fingerprint density at radius 2 is 1.81 bits per heavy atom. The quantitative estimate of drug-likeness (QED) is 0.357. The number of unbranched alkanes of at least 4 members (excludes halogenated alkanes) is 1. The van der Waals surface area contributed by atoms with E-state index in [9.17, 15) is 4.79 Å². The summed E-state index contributed by atoms with van der Waals surface area (Å²) >= 11 is 0. The summed E-state index contributed by atoms with van der Waals surface area (Å²) < 4.78 is 1.58. The molecule has 0 radical (unpaired) electrons. The van der Waals surface area contributed by atoms with Gasteiger partial charge in [-0.1, -0.05) is 49.7 Å². The molecule has 0 bridgehead atoms. The standard InChI is InChI=1S/C27H26N8O/c1-3-4-11-24-23(27(36)35(18(2)30-24)25-12-7-8-15-28-25)16-20-14-13-19(17-29-20)21-9-5-6-10-22(21)26-31-33-34-32-26/h5-10,12-15,17H,3-4,11,16H2,1-2H3,(H,31,32,33,34). The van der Waals surface area contributed by atoms with Gasteiger partial charge in [0, 0.05) is 41.2 Å². The van der Waals surface area contributed by atoms with Crippen molar-refractivity contribution in [2.24, 2.45) is 0 Å². The SMILES string of the molecule is CCCCc1nc(C)n(-c2ccccn2)c(=O)c1Cc1ccc(-c2ccccc2-c2nn[nH]n2)cn1. The van der Waals surface area contributed by atoms with Crippen LogP contribution in [0.3, 0.4) is 0 Å². The molecule has 1 N–H and O–H groups in total. The fourth-order valence-corrected chi connectivity index (χ4v) is 4.28. The monoisotopic (exact) mass is 478 g/mol. The highest BCUT2D eigenvalue weighted by Gasteiger charge is 2.18. The Labute approximate surface area is 208 Å². The number of aromatic amines is 1. The Bertz CT molecular complexity index is 1510. The predicted molar refractivity (Wildman–Crippen MR) is 137 cm³/mol. The third-order valence-corrected chi connectivity index (χ3v) is 6.08. The van der Waals surface area contributed by atoms with E-state index in [-0.39, 0.29) is 5.56 Å². The highest BCUT2D eigenvalue weighted by atomic mass is 16.1. The van der Waals surface area contributed by atoms with Gasteiger partial charge in [-0.25, -0.2) is 14.5 Å². The highest BCUT2D eigenvalue weighted by Crippen LogP contribution is 2.29. The van der Waals surface area contributed by atoms with Crippen molar-refractivity contribution in [1.82, 2.24) is 40.1 Å². The minimum atomic E-state index is -0.0966. The van der Waals surface area contributed by atoms with Gasteiger partial charge in [0.05, 0.1) is 5.69 Å². The molecule has 0 aliphatic carbocycles. The number of H-pyrrole nitrogens is 1. The van der Waals surface area contributed by atoms with Gasteiger partial charge in [-0.2, -0.15) is 5.21 Å². The smallest absolute Gasteiger partial charge is 0.263 e. The number of rotatable bonds is 8. The van der Waals surface area contributed by atoms with Crippen LogP contribution >= 0.6 is 0 Å². The number of aromatic nitrogens is 8. The molecule has 5 rings (SSSR count). The summed E-state index contributed by atoms with van der Waals surface area (Å²) in [6, 6.07) is 17.3. The second-order valence-corrected chi connectivity index (χ2v) is 8.51. The Kier molecular flexibility index (Phi) is 6.70. The minimum Gasteiger partial charge on any atom is -0.268 e. The molecule has 0 fully saturated rings. The van der Waals surface area contributed by atoms with E-state index in [2.05, 4.69) is 32.5 Å². The van der Waals surface area contributed by atoms with Crippen molar-refractivity contribution < 1.29 is 0 Å². The average Bonchev–Trinajstić information content (AvgIpc) is 3.45. The number of hydrogen-bond donors (Lipinski definition) is 1. The number of hydrogen-bond acceptors (Lipinski definition) is 7. The van der Waals surface area contributed by atoms with E-state index in [4.69, 9.17) is 9.97 Å². The molecular weight excluding hydrogens is 452 g/mol. The number of nitrogens with zero attached hydrogens (tertiary/aromatic N) is 7. The molecule has 0 atom stereocenters. The maximum atomic E-state index is 13.7. The normalized spacial score (nSPS) is 11.1. The summed E-state index contributed by atoms with van der Waals surface area (Å²) in [7, 11) is 0. The van der Waals surface area contributed by atoms with Gasteiger partial charge in [-0.3, -0.25) is 9.78 Å². The zero-order valence-corrected chi connectivity index (χ0v) is 20.2. The maximum Gasteiger partial charge on any atom is 0.263 e. The van der Waals surface area contributed by atoms with Gasteiger partial charge in [-0.05, 0) is 48.7 Å². The van der Waals surface area contributed by atoms with Gasteiger partial charge in [0.15, 0.2) is 0 Å². The topological polar surface area (TPSA) is 115 Å². The van der Waals surface area contributed by atoms with Crippen LogP contribution in [0.5, 0.6) is 0 Å². The molecule has 0 aliphatic heterocycles. The molecule has 4 heterocycles. The number of pyridine rings is 2. The second kappa shape index (κ2) is 10.4. The van der Waals surface area contributed by atoms with Crippen LogP contribution in [0.1, 0.15) is 42.5 Å².